The van der Waals surface area contributed by atoms with E-state index in [0.29, 0.717) is 13.0 Å². The van der Waals surface area contributed by atoms with E-state index >= 15 is 0 Å². The van der Waals surface area contributed by atoms with Crippen LogP contribution in [-0.4, -0.2) is 32.7 Å². The van der Waals surface area contributed by atoms with Gasteiger partial charge in [-0.25, -0.2) is 4.98 Å². The molecule has 6 heteroatoms. The van der Waals surface area contributed by atoms with Gasteiger partial charge in [-0.3, -0.25) is 9.59 Å². The Balaban J connectivity index is 2.05. The van der Waals surface area contributed by atoms with Gasteiger partial charge in [0.15, 0.2) is 5.12 Å². The smallest absolute Gasteiger partial charge is 0.224 e. The predicted molar refractivity (Wildman–Crippen MR) is 73.7 cm³/mol. The molecule has 1 aromatic rings. The summed E-state index contributed by atoms with van der Waals surface area (Å²) < 4.78 is 0. The van der Waals surface area contributed by atoms with Gasteiger partial charge < -0.3 is 4.90 Å². The largest absolute Gasteiger partial charge is 0.332 e. The van der Waals surface area contributed by atoms with Gasteiger partial charge in [0.05, 0.1) is 6.04 Å². The number of nitrogens with zero attached hydrogens (tertiary/aromatic N) is 2. The second kappa shape index (κ2) is 5.40. The van der Waals surface area contributed by atoms with Crippen molar-refractivity contribution < 1.29 is 9.59 Å². The molecule has 1 fully saturated rings. The molecule has 1 saturated heterocycles. The number of hydrogen-bond donors (Lipinski definition) is 0. The van der Waals surface area contributed by atoms with E-state index in [0.717, 1.165) is 10.7 Å². The molecule has 0 N–H and O–H groups in total. The summed E-state index contributed by atoms with van der Waals surface area (Å²) in [5.41, 5.74) is 0.989. The zero-order valence-corrected chi connectivity index (χ0v) is 12.3. The molecule has 0 aromatic carbocycles. The standard InChI is InChI=1S/C12H16N2O2S2/c1-7-6-17-12(13-7)8(2)14-5-10(4-11(14)16)18-9(3)15/h6,8,10H,4-5H2,1-3H3. The Kier molecular flexibility index (Phi) is 4.07. The van der Waals surface area contributed by atoms with Crippen molar-refractivity contribution in [2.24, 2.45) is 0 Å². The fourth-order valence-electron chi connectivity index (χ4n) is 2.08. The Morgan fingerprint density at radius 3 is 2.94 bits per heavy atom. The summed E-state index contributed by atoms with van der Waals surface area (Å²) in [7, 11) is 0. The van der Waals surface area contributed by atoms with Crippen LogP contribution in [0.2, 0.25) is 0 Å². The van der Waals surface area contributed by atoms with Crippen molar-refractivity contribution in [1.29, 1.82) is 0 Å². The molecule has 0 saturated carbocycles. The average Bonchev–Trinajstić information content (AvgIpc) is 2.83. The summed E-state index contributed by atoms with van der Waals surface area (Å²) >= 11 is 2.85. The van der Waals surface area contributed by atoms with Crippen molar-refractivity contribution in [3.63, 3.8) is 0 Å². The SMILES string of the molecule is CC(=O)SC1CC(=O)N(C(C)c2nc(C)cs2)C1. The van der Waals surface area contributed by atoms with Crippen LogP contribution < -0.4 is 0 Å². The molecular weight excluding hydrogens is 268 g/mol. The number of aromatic nitrogens is 1. The first-order valence-corrected chi connectivity index (χ1v) is 7.62. The van der Waals surface area contributed by atoms with Crippen molar-refractivity contribution in [2.45, 2.75) is 38.5 Å². The number of aryl methyl sites for hydroxylation is 1. The van der Waals surface area contributed by atoms with Crippen molar-refractivity contribution >= 4 is 34.1 Å². The number of likely N-dealkylation sites (tertiary alicyclic amines) is 1. The summed E-state index contributed by atoms with van der Waals surface area (Å²) in [6.45, 7) is 6.14. The summed E-state index contributed by atoms with van der Waals surface area (Å²) in [5, 5.41) is 3.13. The number of carbonyl (C=O) groups is 2. The van der Waals surface area contributed by atoms with Crippen molar-refractivity contribution in [1.82, 2.24) is 9.88 Å². The number of hydrogen-bond acceptors (Lipinski definition) is 5. The lowest BCUT2D eigenvalue weighted by atomic mass is 10.3. The van der Waals surface area contributed by atoms with E-state index in [1.54, 1.807) is 18.3 Å². The van der Waals surface area contributed by atoms with Crippen LogP contribution in [0, 0.1) is 6.92 Å². The lowest BCUT2D eigenvalue weighted by Crippen LogP contribution is -2.28. The summed E-state index contributed by atoms with van der Waals surface area (Å²) in [6, 6.07) is 0.00811. The van der Waals surface area contributed by atoms with Crippen LogP contribution in [0.4, 0.5) is 0 Å². The van der Waals surface area contributed by atoms with E-state index in [9.17, 15) is 9.59 Å². The summed E-state index contributed by atoms with van der Waals surface area (Å²) in [5.74, 6) is 0.120. The Bertz CT molecular complexity index is 472. The third-order valence-electron chi connectivity index (χ3n) is 2.92. The van der Waals surface area contributed by atoms with Gasteiger partial charge in [0.25, 0.3) is 0 Å². The Hall–Kier alpha value is -0.880. The third kappa shape index (κ3) is 2.92. The number of carbonyl (C=O) groups excluding carboxylic acids is 2. The normalized spacial score (nSPS) is 21.4. The quantitative estimate of drug-likeness (QED) is 0.855. The Morgan fingerprint density at radius 2 is 2.39 bits per heavy atom. The van der Waals surface area contributed by atoms with Gasteiger partial charge in [0.1, 0.15) is 5.01 Å². The van der Waals surface area contributed by atoms with Crippen molar-refractivity contribution in [3.8, 4) is 0 Å². The van der Waals surface area contributed by atoms with E-state index in [4.69, 9.17) is 0 Å². The molecule has 2 unspecified atom stereocenters. The molecule has 2 atom stereocenters. The van der Waals surface area contributed by atoms with Crippen LogP contribution in [0.25, 0.3) is 0 Å². The van der Waals surface area contributed by atoms with E-state index in [2.05, 4.69) is 4.98 Å². The van der Waals surface area contributed by atoms with Gasteiger partial charge in [-0.05, 0) is 13.8 Å². The highest BCUT2D eigenvalue weighted by molar-refractivity contribution is 8.14. The zero-order chi connectivity index (χ0) is 13.3. The first-order chi connectivity index (χ1) is 8.47. The molecule has 4 nitrogen and oxygen atoms in total. The second-order valence-electron chi connectivity index (χ2n) is 4.48. The fourth-order valence-corrected chi connectivity index (χ4v) is 3.88. The first-order valence-electron chi connectivity index (χ1n) is 5.86. The monoisotopic (exact) mass is 284 g/mol. The third-order valence-corrected chi connectivity index (χ3v) is 5.03. The number of rotatable bonds is 3. The maximum absolute atomic E-state index is 12.0. The lowest BCUT2D eigenvalue weighted by molar-refractivity contribution is -0.129. The topological polar surface area (TPSA) is 50.3 Å². The zero-order valence-electron chi connectivity index (χ0n) is 10.7. The Labute approximate surface area is 115 Å². The fraction of sp³-hybridized carbons (Fsp3) is 0.583. The molecule has 98 valence electrons. The molecule has 2 rings (SSSR count). The lowest BCUT2D eigenvalue weighted by Gasteiger charge is -2.22. The molecule has 0 radical (unpaired) electrons. The minimum Gasteiger partial charge on any atom is -0.332 e. The number of amides is 1. The molecule has 0 bridgehead atoms. The minimum atomic E-state index is 0.00811. The van der Waals surface area contributed by atoms with Crippen molar-refractivity contribution in [2.75, 3.05) is 6.54 Å². The van der Waals surface area contributed by atoms with Gasteiger partial charge in [-0.15, -0.1) is 11.3 Å². The number of thiazole rings is 1. The molecule has 18 heavy (non-hydrogen) atoms. The Morgan fingerprint density at radius 1 is 1.67 bits per heavy atom. The predicted octanol–water partition coefficient (Wildman–Crippen LogP) is 2.39. The van der Waals surface area contributed by atoms with Crippen LogP contribution >= 0.6 is 23.1 Å². The average molecular weight is 284 g/mol. The summed E-state index contributed by atoms with van der Waals surface area (Å²) in [4.78, 5) is 29.3. The van der Waals surface area contributed by atoms with Gasteiger partial charge >= 0.3 is 0 Å². The van der Waals surface area contributed by atoms with Crippen LogP contribution in [0.1, 0.15) is 37.0 Å². The van der Waals surface area contributed by atoms with E-state index in [1.807, 2.05) is 24.1 Å². The number of thioether (sulfide) groups is 1. The molecule has 0 spiro atoms. The van der Waals surface area contributed by atoms with Crippen molar-refractivity contribution in [3.05, 3.63) is 16.1 Å². The van der Waals surface area contributed by atoms with E-state index < -0.39 is 0 Å². The highest BCUT2D eigenvalue weighted by Gasteiger charge is 2.35. The molecule has 1 aromatic heterocycles. The second-order valence-corrected chi connectivity index (χ2v) is 6.85. The maximum Gasteiger partial charge on any atom is 0.224 e. The van der Waals surface area contributed by atoms with E-state index in [1.165, 1.54) is 11.8 Å². The molecular formula is C12H16N2O2S2. The van der Waals surface area contributed by atoms with Gasteiger partial charge in [0.2, 0.25) is 5.91 Å². The molecule has 1 aliphatic rings. The summed E-state index contributed by atoms with van der Waals surface area (Å²) in [6.07, 6.45) is 0.457. The van der Waals surface area contributed by atoms with Crippen LogP contribution in [0.5, 0.6) is 0 Å². The van der Waals surface area contributed by atoms with Crippen LogP contribution in [-0.2, 0) is 9.59 Å². The molecule has 2 heterocycles. The van der Waals surface area contributed by atoms with Gasteiger partial charge in [-0.1, -0.05) is 11.8 Å². The first kappa shape index (κ1) is 13.5. The molecule has 1 aliphatic heterocycles. The maximum atomic E-state index is 12.0. The molecule has 1 amide bonds. The highest BCUT2D eigenvalue weighted by atomic mass is 32.2. The van der Waals surface area contributed by atoms with Crippen LogP contribution in [0.3, 0.4) is 0 Å². The molecule has 0 aliphatic carbocycles. The minimum absolute atomic E-state index is 0.00811. The van der Waals surface area contributed by atoms with E-state index in [-0.39, 0.29) is 22.3 Å². The highest BCUT2D eigenvalue weighted by Crippen LogP contribution is 2.32. The van der Waals surface area contributed by atoms with Crippen LogP contribution in [0.15, 0.2) is 5.38 Å². The van der Waals surface area contributed by atoms with Gasteiger partial charge in [0, 0.05) is 36.2 Å². The van der Waals surface area contributed by atoms with Gasteiger partial charge in [-0.2, -0.15) is 0 Å².